The Morgan fingerprint density at radius 3 is 2.71 bits per heavy atom. The molecule has 0 amide bonds. The molecule has 0 saturated heterocycles. The van der Waals surface area contributed by atoms with E-state index in [0.29, 0.717) is 16.2 Å². The number of carboxylic acids is 1. The second kappa shape index (κ2) is 4.29. The van der Waals surface area contributed by atoms with E-state index in [2.05, 4.69) is 40.1 Å². The van der Waals surface area contributed by atoms with Gasteiger partial charge < -0.3 is 10.4 Å². The molecule has 1 heterocycles. The largest absolute Gasteiger partial charge is 0.478 e. The van der Waals surface area contributed by atoms with Gasteiger partial charge in [-0.1, -0.05) is 13.8 Å². The van der Waals surface area contributed by atoms with Crippen molar-refractivity contribution in [3.05, 3.63) is 22.3 Å². The number of aromatic carboxylic acids is 1. The molecule has 0 radical (unpaired) electrons. The highest BCUT2D eigenvalue weighted by Gasteiger charge is 2.46. The van der Waals surface area contributed by atoms with Gasteiger partial charge in [-0.3, -0.25) is 0 Å². The van der Waals surface area contributed by atoms with Crippen molar-refractivity contribution < 1.29 is 9.90 Å². The van der Waals surface area contributed by atoms with Crippen molar-refractivity contribution >= 4 is 27.7 Å². The minimum atomic E-state index is -0.958. The molecule has 1 aliphatic rings. The number of nitrogens with zero attached hydrogens (tertiary/aromatic N) is 1. The molecule has 1 aliphatic carbocycles. The van der Waals surface area contributed by atoms with Gasteiger partial charge in [0.25, 0.3) is 0 Å². The first-order chi connectivity index (χ1) is 7.94. The van der Waals surface area contributed by atoms with Crippen LogP contribution in [0.4, 0.5) is 5.82 Å². The zero-order valence-electron chi connectivity index (χ0n) is 9.83. The number of carboxylic acid groups (broad SMARTS) is 1. The van der Waals surface area contributed by atoms with Crippen LogP contribution in [0.2, 0.25) is 0 Å². The summed E-state index contributed by atoms with van der Waals surface area (Å²) in [5, 5.41) is 12.4. The molecule has 0 aromatic carbocycles. The van der Waals surface area contributed by atoms with Gasteiger partial charge in [-0.05, 0) is 40.8 Å². The van der Waals surface area contributed by atoms with E-state index in [-0.39, 0.29) is 11.1 Å². The number of carbonyl (C=O) groups is 1. The number of pyridine rings is 1. The highest BCUT2D eigenvalue weighted by Crippen LogP contribution is 2.45. The minimum Gasteiger partial charge on any atom is -0.478 e. The Hall–Kier alpha value is -1.10. The normalized spacial score (nSPS) is 16.9. The quantitative estimate of drug-likeness (QED) is 0.896. The van der Waals surface area contributed by atoms with Crippen LogP contribution in [-0.4, -0.2) is 21.6 Å². The topological polar surface area (TPSA) is 62.2 Å². The summed E-state index contributed by atoms with van der Waals surface area (Å²) >= 11 is 3.24. The summed E-state index contributed by atoms with van der Waals surface area (Å²) < 4.78 is 0.676. The lowest BCUT2D eigenvalue weighted by molar-refractivity contribution is 0.0697. The molecule has 92 valence electrons. The third-order valence-corrected chi connectivity index (χ3v) is 3.78. The lowest BCUT2D eigenvalue weighted by atomic mass is 10.0. The second-order valence-corrected chi connectivity index (χ2v) is 5.71. The fourth-order valence-corrected chi connectivity index (χ4v) is 2.25. The van der Waals surface area contributed by atoms with Crippen molar-refractivity contribution in [2.24, 2.45) is 5.92 Å². The molecule has 1 aromatic rings. The zero-order chi connectivity index (χ0) is 12.6. The summed E-state index contributed by atoms with van der Waals surface area (Å²) in [4.78, 5) is 15.3. The van der Waals surface area contributed by atoms with E-state index in [4.69, 9.17) is 5.11 Å². The molecule has 2 N–H and O–H groups in total. The number of nitrogens with one attached hydrogen (secondary N) is 1. The molecule has 2 rings (SSSR count). The van der Waals surface area contributed by atoms with Gasteiger partial charge in [0, 0.05) is 16.2 Å². The van der Waals surface area contributed by atoms with Crippen LogP contribution in [0.15, 0.2) is 16.7 Å². The first kappa shape index (κ1) is 12.4. The molecule has 0 atom stereocenters. The highest BCUT2D eigenvalue weighted by atomic mass is 79.9. The van der Waals surface area contributed by atoms with Gasteiger partial charge in [0.15, 0.2) is 0 Å². The second-order valence-electron chi connectivity index (χ2n) is 4.79. The van der Waals surface area contributed by atoms with E-state index in [9.17, 15) is 4.79 Å². The lowest BCUT2D eigenvalue weighted by Gasteiger charge is -2.23. The van der Waals surface area contributed by atoms with Gasteiger partial charge in [0.2, 0.25) is 0 Å². The van der Waals surface area contributed by atoms with Gasteiger partial charge >= 0.3 is 5.97 Å². The number of rotatable bonds is 4. The SMILES string of the molecule is CC(C)C1(Nc2ncc(Br)cc2C(=O)O)CC1. The number of halogens is 1. The van der Waals surface area contributed by atoms with Gasteiger partial charge in [-0.2, -0.15) is 0 Å². The van der Waals surface area contributed by atoms with Crippen LogP contribution in [0.1, 0.15) is 37.0 Å². The fraction of sp³-hybridized carbons (Fsp3) is 0.500. The van der Waals surface area contributed by atoms with E-state index >= 15 is 0 Å². The third-order valence-electron chi connectivity index (χ3n) is 3.35. The number of hydrogen-bond acceptors (Lipinski definition) is 3. The number of anilines is 1. The monoisotopic (exact) mass is 298 g/mol. The Bertz CT molecular complexity index is 456. The maximum Gasteiger partial charge on any atom is 0.339 e. The number of aromatic nitrogens is 1. The zero-order valence-corrected chi connectivity index (χ0v) is 11.4. The average molecular weight is 299 g/mol. The maximum atomic E-state index is 11.1. The summed E-state index contributed by atoms with van der Waals surface area (Å²) in [6.07, 6.45) is 3.76. The Morgan fingerprint density at radius 1 is 1.59 bits per heavy atom. The lowest BCUT2D eigenvalue weighted by Crippen LogP contribution is -2.29. The van der Waals surface area contributed by atoms with Gasteiger partial charge in [-0.25, -0.2) is 9.78 Å². The summed E-state index contributed by atoms with van der Waals surface area (Å²) in [7, 11) is 0. The van der Waals surface area contributed by atoms with Crippen molar-refractivity contribution in [3.8, 4) is 0 Å². The molecule has 17 heavy (non-hydrogen) atoms. The summed E-state index contributed by atoms with van der Waals surface area (Å²) in [6, 6.07) is 1.58. The standard InChI is InChI=1S/C12H15BrN2O2/c1-7(2)12(3-4-12)15-10-9(11(16)17)5-8(13)6-14-10/h5-7H,3-4H2,1-2H3,(H,14,15)(H,16,17). The molecule has 0 aliphatic heterocycles. The molecule has 5 heteroatoms. The van der Waals surface area contributed by atoms with E-state index in [0.717, 1.165) is 12.8 Å². The van der Waals surface area contributed by atoms with Crippen LogP contribution in [-0.2, 0) is 0 Å². The van der Waals surface area contributed by atoms with Crippen molar-refractivity contribution in [3.63, 3.8) is 0 Å². The summed E-state index contributed by atoms with van der Waals surface area (Å²) in [6.45, 7) is 4.28. The summed E-state index contributed by atoms with van der Waals surface area (Å²) in [5.74, 6) is -0.0256. The van der Waals surface area contributed by atoms with E-state index in [1.54, 1.807) is 12.3 Å². The predicted molar refractivity (Wildman–Crippen MR) is 69.3 cm³/mol. The molecular formula is C12H15BrN2O2. The highest BCUT2D eigenvalue weighted by molar-refractivity contribution is 9.10. The Labute approximate surface area is 109 Å². The third kappa shape index (κ3) is 2.44. The molecule has 0 unspecified atom stereocenters. The smallest absolute Gasteiger partial charge is 0.339 e. The molecule has 0 spiro atoms. The van der Waals surface area contributed by atoms with Crippen molar-refractivity contribution in [2.75, 3.05) is 5.32 Å². The first-order valence-corrected chi connectivity index (χ1v) is 6.41. The van der Waals surface area contributed by atoms with E-state index in [1.165, 1.54) is 0 Å². The van der Waals surface area contributed by atoms with E-state index < -0.39 is 5.97 Å². The van der Waals surface area contributed by atoms with Crippen LogP contribution >= 0.6 is 15.9 Å². The molecule has 1 fully saturated rings. The van der Waals surface area contributed by atoms with Gasteiger partial charge in [-0.15, -0.1) is 0 Å². The Morgan fingerprint density at radius 2 is 2.24 bits per heavy atom. The fourth-order valence-electron chi connectivity index (χ4n) is 1.92. The Balaban J connectivity index is 2.30. The average Bonchev–Trinajstić information content (AvgIpc) is 3.01. The maximum absolute atomic E-state index is 11.1. The number of hydrogen-bond donors (Lipinski definition) is 2. The van der Waals surface area contributed by atoms with Crippen molar-refractivity contribution in [1.29, 1.82) is 0 Å². The van der Waals surface area contributed by atoms with Crippen LogP contribution in [0.5, 0.6) is 0 Å². The van der Waals surface area contributed by atoms with E-state index in [1.807, 2.05) is 0 Å². The van der Waals surface area contributed by atoms with Crippen LogP contribution in [0.25, 0.3) is 0 Å². The van der Waals surface area contributed by atoms with Crippen molar-refractivity contribution in [2.45, 2.75) is 32.2 Å². The van der Waals surface area contributed by atoms with Crippen LogP contribution < -0.4 is 5.32 Å². The molecular weight excluding hydrogens is 284 g/mol. The summed E-state index contributed by atoms with van der Waals surface area (Å²) in [5.41, 5.74) is 0.247. The molecule has 0 bridgehead atoms. The van der Waals surface area contributed by atoms with Crippen LogP contribution in [0.3, 0.4) is 0 Å². The predicted octanol–water partition coefficient (Wildman–Crippen LogP) is 3.14. The van der Waals surface area contributed by atoms with Gasteiger partial charge in [0.05, 0.1) is 0 Å². The Kier molecular flexibility index (Phi) is 3.12. The molecule has 4 nitrogen and oxygen atoms in total. The minimum absolute atomic E-state index is 0.0328. The van der Waals surface area contributed by atoms with Crippen LogP contribution in [0, 0.1) is 5.92 Å². The molecule has 1 saturated carbocycles. The first-order valence-electron chi connectivity index (χ1n) is 5.62. The molecule has 1 aromatic heterocycles. The van der Waals surface area contributed by atoms with Gasteiger partial charge in [0.1, 0.15) is 11.4 Å². The van der Waals surface area contributed by atoms with Crippen molar-refractivity contribution in [1.82, 2.24) is 4.98 Å².